The van der Waals surface area contributed by atoms with E-state index in [0.29, 0.717) is 0 Å². The average Bonchev–Trinajstić information content (AvgIpc) is 2.51. The predicted molar refractivity (Wildman–Crippen MR) is 87.0 cm³/mol. The van der Waals surface area contributed by atoms with Crippen LogP contribution in [0.4, 0.5) is 4.39 Å². The Morgan fingerprint density at radius 3 is 2.57 bits per heavy atom. The topological polar surface area (TPSA) is 12.0 Å². The van der Waals surface area contributed by atoms with Crippen LogP contribution in [0.2, 0.25) is 5.02 Å². The van der Waals surface area contributed by atoms with E-state index < -0.39 is 0 Å². The van der Waals surface area contributed by atoms with Crippen molar-refractivity contribution < 1.29 is 4.39 Å². The Labute approximate surface area is 129 Å². The summed E-state index contributed by atoms with van der Waals surface area (Å²) in [6.45, 7) is 4.04. The number of aryl methyl sites for hydroxylation is 1. The van der Waals surface area contributed by atoms with Gasteiger partial charge in [0.15, 0.2) is 0 Å². The number of benzene rings is 2. The summed E-state index contributed by atoms with van der Waals surface area (Å²) >= 11 is 5.88. The lowest BCUT2D eigenvalue weighted by Crippen LogP contribution is -2.20. The standard InChI is InChI=1S/C18H17ClFN/c1-12-10-14(13-6-8-21-9-7-13)2-4-16(12)15-3-5-18(20)17(19)11-15/h2-6,10-11,21H,7-9H2,1H3. The largest absolute Gasteiger partial charge is 0.313 e. The molecule has 3 rings (SSSR count). The maximum absolute atomic E-state index is 13.3. The van der Waals surface area contributed by atoms with Gasteiger partial charge in [0.25, 0.3) is 0 Å². The van der Waals surface area contributed by atoms with Crippen molar-refractivity contribution in [3.05, 3.63) is 64.4 Å². The summed E-state index contributed by atoms with van der Waals surface area (Å²) < 4.78 is 13.3. The highest BCUT2D eigenvalue weighted by Crippen LogP contribution is 2.30. The summed E-state index contributed by atoms with van der Waals surface area (Å²) in [6.07, 6.45) is 3.30. The molecule has 0 aromatic heterocycles. The molecule has 2 aromatic carbocycles. The van der Waals surface area contributed by atoms with Crippen molar-refractivity contribution >= 4 is 17.2 Å². The van der Waals surface area contributed by atoms with Crippen LogP contribution in [0.25, 0.3) is 16.7 Å². The van der Waals surface area contributed by atoms with E-state index in [2.05, 4.69) is 36.5 Å². The molecule has 0 unspecified atom stereocenters. The molecule has 1 aliphatic heterocycles. The minimum absolute atomic E-state index is 0.164. The van der Waals surface area contributed by atoms with Crippen LogP contribution < -0.4 is 5.32 Å². The second-order valence-electron chi connectivity index (χ2n) is 5.34. The zero-order valence-electron chi connectivity index (χ0n) is 11.9. The molecule has 108 valence electrons. The third-order valence-corrected chi connectivity index (χ3v) is 4.18. The van der Waals surface area contributed by atoms with Crippen LogP contribution in [-0.2, 0) is 0 Å². The van der Waals surface area contributed by atoms with Gasteiger partial charge in [-0.3, -0.25) is 0 Å². The molecular formula is C18H17ClFN. The maximum Gasteiger partial charge on any atom is 0.141 e. The van der Waals surface area contributed by atoms with Gasteiger partial charge >= 0.3 is 0 Å². The van der Waals surface area contributed by atoms with Gasteiger partial charge in [0.2, 0.25) is 0 Å². The Hall–Kier alpha value is -1.64. The van der Waals surface area contributed by atoms with Crippen LogP contribution in [0, 0.1) is 12.7 Å². The minimum atomic E-state index is -0.380. The molecular weight excluding hydrogens is 285 g/mol. The Morgan fingerprint density at radius 2 is 1.90 bits per heavy atom. The Morgan fingerprint density at radius 1 is 1.10 bits per heavy atom. The van der Waals surface area contributed by atoms with Crippen molar-refractivity contribution in [1.82, 2.24) is 5.32 Å². The second kappa shape index (κ2) is 6.00. The number of hydrogen-bond donors (Lipinski definition) is 1. The molecule has 3 heteroatoms. The van der Waals surface area contributed by atoms with Gasteiger partial charge in [-0.1, -0.05) is 41.9 Å². The van der Waals surface area contributed by atoms with Gasteiger partial charge in [0, 0.05) is 6.54 Å². The van der Waals surface area contributed by atoms with Gasteiger partial charge in [0.05, 0.1) is 5.02 Å². The van der Waals surface area contributed by atoms with Crippen molar-refractivity contribution in [2.24, 2.45) is 0 Å². The second-order valence-corrected chi connectivity index (χ2v) is 5.75. The third kappa shape index (κ3) is 3.02. The Kier molecular flexibility index (Phi) is 4.09. The van der Waals surface area contributed by atoms with Crippen LogP contribution in [0.1, 0.15) is 17.5 Å². The molecule has 0 atom stereocenters. The summed E-state index contributed by atoms with van der Waals surface area (Å²) in [5, 5.41) is 3.49. The van der Waals surface area contributed by atoms with E-state index in [1.165, 1.54) is 22.8 Å². The average molecular weight is 302 g/mol. The molecule has 0 saturated carbocycles. The normalized spacial score (nSPS) is 14.9. The molecule has 0 bridgehead atoms. The van der Waals surface area contributed by atoms with E-state index in [4.69, 9.17) is 11.6 Å². The molecule has 1 heterocycles. The molecule has 21 heavy (non-hydrogen) atoms. The van der Waals surface area contributed by atoms with Crippen molar-refractivity contribution in [2.75, 3.05) is 13.1 Å². The fraction of sp³-hybridized carbons (Fsp3) is 0.222. The highest BCUT2D eigenvalue weighted by molar-refractivity contribution is 6.31. The first-order valence-corrected chi connectivity index (χ1v) is 7.49. The highest BCUT2D eigenvalue weighted by atomic mass is 35.5. The monoisotopic (exact) mass is 301 g/mol. The molecule has 1 aliphatic rings. The van der Waals surface area contributed by atoms with E-state index in [9.17, 15) is 4.39 Å². The summed E-state index contributed by atoms with van der Waals surface area (Å²) in [5.41, 5.74) is 5.88. The first kappa shape index (κ1) is 14.3. The molecule has 1 nitrogen and oxygen atoms in total. The fourth-order valence-electron chi connectivity index (χ4n) is 2.74. The fourth-order valence-corrected chi connectivity index (χ4v) is 2.92. The van der Waals surface area contributed by atoms with E-state index >= 15 is 0 Å². The van der Waals surface area contributed by atoms with Gasteiger partial charge in [-0.15, -0.1) is 0 Å². The highest BCUT2D eigenvalue weighted by Gasteiger charge is 2.09. The first-order valence-electron chi connectivity index (χ1n) is 7.11. The molecule has 0 saturated heterocycles. The van der Waals surface area contributed by atoms with Crippen molar-refractivity contribution in [1.29, 1.82) is 0 Å². The molecule has 0 aliphatic carbocycles. The SMILES string of the molecule is Cc1cc(C2=CCNCC2)ccc1-c1ccc(F)c(Cl)c1. The van der Waals surface area contributed by atoms with E-state index in [1.54, 1.807) is 12.1 Å². The minimum Gasteiger partial charge on any atom is -0.313 e. The van der Waals surface area contributed by atoms with Crippen molar-refractivity contribution in [3.63, 3.8) is 0 Å². The lowest BCUT2D eigenvalue weighted by molar-refractivity contribution is 0.628. The summed E-state index contributed by atoms with van der Waals surface area (Å²) in [4.78, 5) is 0. The van der Waals surface area contributed by atoms with Gasteiger partial charge in [-0.25, -0.2) is 4.39 Å². The Balaban J connectivity index is 1.97. The Bertz CT molecular complexity index is 706. The summed E-state index contributed by atoms with van der Waals surface area (Å²) in [5.74, 6) is -0.380. The maximum atomic E-state index is 13.3. The van der Waals surface area contributed by atoms with Crippen LogP contribution in [0.5, 0.6) is 0 Å². The number of hydrogen-bond acceptors (Lipinski definition) is 1. The van der Waals surface area contributed by atoms with Gasteiger partial charge in [-0.05, 0) is 59.8 Å². The van der Waals surface area contributed by atoms with Crippen LogP contribution in [0.3, 0.4) is 0 Å². The van der Waals surface area contributed by atoms with E-state index in [1.807, 2.05) is 0 Å². The zero-order valence-corrected chi connectivity index (χ0v) is 12.7. The van der Waals surface area contributed by atoms with E-state index in [0.717, 1.165) is 30.6 Å². The smallest absolute Gasteiger partial charge is 0.141 e. The first-order chi connectivity index (χ1) is 10.1. The summed E-state index contributed by atoms with van der Waals surface area (Å²) in [6, 6.07) is 11.3. The molecule has 2 aromatic rings. The number of halogens is 2. The molecule has 0 spiro atoms. The predicted octanol–water partition coefficient (Wildman–Crippen LogP) is 4.83. The van der Waals surface area contributed by atoms with Crippen LogP contribution >= 0.6 is 11.6 Å². The van der Waals surface area contributed by atoms with E-state index in [-0.39, 0.29) is 10.8 Å². The zero-order chi connectivity index (χ0) is 14.8. The quantitative estimate of drug-likeness (QED) is 0.837. The number of nitrogens with one attached hydrogen (secondary N) is 1. The van der Waals surface area contributed by atoms with Crippen LogP contribution in [0.15, 0.2) is 42.5 Å². The number of rotatable bonds is 2. The molecule has 0 amide bonds. The van der Waals surface area contributed by atoms with Crippen LogP contribution in [-0.4, -0.2) is 13.1 Å². The van der Waals surface area contributed by atoms with Crippen molar-refractivity contribution in [2.45, 2.75) is 13.3 Å². The summed E-state index contributed by atoms with van der Waals surface area (Å²) in [7, 11) is 0. The molecule has 0 radical (unpaired) electrons. The lowest BCUT2D eigenvalue weighted by Gasteiger charge is -2.16. The molecule has 1 N–H and O–H groups in total. The molecule has 0 fully saturated rings. The van der Waals surface area contributed by atoms with Crippen molar-refractivity contribution in [3.8, 4) is 11.1 Å². The third-order valence-electron chi connectivity index (χ3n) is 3.89. The van der Waals surface area contributed by atoms with Gasteiger partial charge < -0.3 is 5.32 Å². The van der Waals surface area contributed by atoms with Gasteiger partial charge in [0.1, 0.15) is 5.82 Å². The van der Waals surface area contributed by atoms with Gasteiger partial charge in [-0.2, -0.15) is 0 Å². The lowest BCUT2D eigenvalue weighted by atomic mass is 9.93.